The maximum atomic E-state index is 11.8. The minimum absolute atomic E-state index is 0.00574. The van der Waals surface area contributed by atoms with Gasteiger partial charge in [0.05, 0.1) is 4.90 Å². The van der Waals surface area contributed by atoms with Gasteiger partial charge in [0.1, 0.15) is 0 Å². The molecule has 0 spiro atoms. The highest BCUT2D eigenvalue weighted by atomic mass is 32.2. The number of benzene rings is 2. The lowest BCUT2D eigenvalue weighted by atomic mass is 10.2. The molecule has 6 nitrogen and oxygen atoms in total. The number of primary sulfonamides is 1. The van der Waals surface area contributed by atoms with Crippen molar-refractivity contribution < 1.29 is 13.2 Å². The zero-order valence-corrected chi connectivity index (χ0v) is 14.1. The Hall–Kier alpha value is -2.55. The van der Waals surface area contributed by atoms with E-state index >= 15 is 0 Å². The Kier molecular flexibility index (Phi) is 5.80. The van der Waals surface area contributed by atoms with Crippen LogP contribution >= 0.6 is 12.2 Å². The maximum absolute atomic E-state index is 11.8. The standard InChI is InChI=1S/C16H15N3O3S2/c17-24(21,22)14-9-7-13(8-10-14)18-16(23)19-15(20)11-6-12-4-2-1-3-5-12/h1-11H,(H2,17,21,22)(H2,18,19,20,23). The van der Waals surface area contributed by atoms with E-state index < -0.39 is 10.0 Å². The zero-order valence-electron chi connectivity index (χ0n) is 12.5. The van der Waals surface area contributed by atoms with Crippen molar-refractivity contribution in [2.24, 2.45) is 5.14 Å². The first-order valence-electron chi connectivity index (χ1n) is 6.82. The molecule has 2 aromatic carbocycles. The number of amides is 1. The van der Waals surface area contributed by atoms with Crippen LogP contribution in [0.2, 0.25) is 0 Å². The summed E-state index contributed by atoms with van der Waals surface area (Å²) in [5, 5.41) is 10.4. The fourth-order valence-corrected chi connectivity index (χ4v) is 2.51. The van der Waals surface area contributed by atoms with Crippen LogP contribution in [-0.4, -0.2) is 19.4 Å². The summed E-state index contributed by atoms with van der Waals surface area (Å²) in [6, 6.07) is 15.0. The highest BCUT2D eigenvalue weighted by Crippen LogP contribution is 2.12. The van der Waals surface area contributed by atoms with E-state index in [0.717, 1.165) is 5.56 Å². The Morgan fingerprint density at radius 3 is 2.25 bits per heavy atom. The molecule has 0 fully saturated rings. The van der Waals surface area contributed by atoms with Crippen molar-refractivity contribution in [3.63, 3.8) is 0 Å². The summed E-state index contributed by atoms with van der Waals surface area (Å²) in [5.74, 6) is -0.377. The fourth-order valence-electron chi connectivity index (χ4n) is 1.78. The average Bonchev–Trinajstić information content (AvgIpc) is 2.53. The smallest absolute Gasteiger partial charge is 0.250 e. The van der Waals surface area contributed by atoms with Gasteiger partial charge in [-0.25, -0.2) is 13.6 Å². The topological polar surface area (TPSA) is 101 Å². The molecule has 2 rings (SSSR count). The molecule has 0 aliphatic rings. The summed E-state index contributed by atoms with van der Waals surface area (Å²) in [7, 11) is -3.74. The van der Waals surface area contributed by atoms with E-state index in [0.29, 0.717) is 5.69 Å². The number of anilines is 1. The minimum Gasteiger partial charge on any atom is -0.332 e. The van der Waals surface area contributed by atoms with Crippen LogP contribution in [0.15, 0.2) is 65.6 Å². The van der Waals surface area contributed by atoms with Gasteiger partial charge >= 0.3 is 0 Å². The van der Waals surface area contributed by atoms with Crippen LogP contribution in [0.1, 0.15) is 5.56 Å². The number of sulfonamides is 1. The van der Waals surface area contributed by atoms with Gasteiger partial charge in [-0.2, -0.15) is 0 Å². The lowest BCUT2D eigenvalue weighted by molar-refractivity contribution is -0.115. The Morgan fingerprint density at radius 2 is 1.67 bits per heavy atom. The number of hydrogen-bond donors (Lipinski definition) is 3. The Bertz CT molecular complexity index is 861. The lowest BCUT2D eigenvalue weighted by Gasteiger charge is -2.08. The Labute approximate surface area is 145 Å². The average molecular weight is 361 g/mol. The summed E-state index contributed by atoms with van der Waals surface area (Å²) < 4.78 is 22.3. The van der Waals surface area contributed by atoms with Gasteiger partial charge in [0.2, 0.25) is 15.9 Å². The molecule has 124 valence electrons. The molecule has 0 radical (unpaired) electrons. The van der Waals surface area contributed by atoms with Crippen LogP contribution in [0.4, 0.5) is 5.69 Å². The van der Waals surface area contributed by atoms with Gasteiger partial charge in [-0.15, -0.1) is 0 Å². The first-order valence-corrected chi connectivity index (χ1v) is 8.78. The molecule has 0 aliphatic heterocycles. The molecule has 4 N–H and O–H groups in total. The second-order valence-electron chi connectivity index (χ2n) is 4.76. The first kappa shape index (κ1) is 17.8. The van der Waals surface area contributed by atoms with Crippen LogP contribution in [-0.2, 0) is 14.8 Å². The number of carbonyl (C=O) groups is 1. The van der Waals surface area contributed by atoms with E-state index in [1.807, 2.05) is 30.3 Å². The third kappa shape index (κ3) is 5.58. The quantitative estimate of drug-likeness (QED) is 0.570. The van der Waals surface area contributed by atoms with E-state index in [1.165, 1.54) is 30.3 Å². The van der Waals surface area contributed by atoms with Crippen molar-refractivity contribution in [1.82, 2.24) is 5.32 Å². The fraction of sp³-hybridized carbons (Fsp3) is 0. The van der Waals surface area contributed by atoms with E-state index in [2.05, 4.69) is 10.6 Å². The van der Waals surface area contributed by atoms with E-state index in [1.54, 1.807) is 6.08 Å². The summed E-state index contributed by atoms with van der Waals surface area (Å²) in [4.78, 5) is 11.8. The molecule has 8 heteroatoms. The number of nitrogens with two attached hydrogens (primary N) is 1. The van der Waals surface area contributed by atoms with Gasteiger partial charge in [0.25, 0.3) is 0 Å². The molecule has 0 saturated carbocycles. The number of carbonyl (C=O) groups excluding carboxylic acids is 1. The predicted octanol–water partition coefficient (Wildman–Crippen LogP) is 1.86. The largest absolute Gasteiger partial charge is 0.332 e. The van der Waals surface area contributed by atoms with Crippen molar-refractivity contribution in [3.05, 3.63) is 66.2 Å². The van der Waals surface area contributed by atoms with Crippen molar-refractivity contribution >= 4 is 45.0 Å². The molecule has 0 aliphatic carbocycles. The van der Waals surface area contributed by atoms with Gasteiger partial charge in [0.15, 0.2) is 5.11 Å². The monoisotopic (exact) mass is 361 g/mol. The highest BCUT2D eigenvalue weighted by Gasteiger charge is 2.07. The number of thiocarbonyl (C=S) groups is 1. The third-order valence-corrected chi connectivity index (χ3v) is 4.04. The molecule has 2 aromatic rings. The van der Waals surface area contributed by atoms with Gasteiger partial charge < -0.3 is 5.32 Å². The summed E-state index contributed by atoms with van der Waals surface area (Å²) in [5.41, 5.74) is 1.42. The van der Waals surface area contributed by atoms with Gasteiger partial charge in [-0.05, 0) is 48.1 Å². The van der Waals surface area contributed by atoms with Crippen molar-refractivity contribution in [3.8, 4) is 0 Å². The highest BCUT2D eigenvalue weighted by molar-refractivity contribution is 7.89. The van der Waals surface area contributed by atoms with Crippen molar-refractivity contribution in [2.75, 3.05) is 5.32 Å². The molecule has 0 bridgehead atoms. The molecule has 0 saturated heterocycles. The van der Waals surface area contributed by atoms with E-state index in [-0.39, 0.29) is 15.9 Å². The first-order chi connectivity index (χ1) is 11.3. The molecule has 0 atom stereocenters. The molecule has 0 aromatic heterocycles. The SMILES string of the molecule is NS(=O)(=O)c1ccc(NC(=S)NC(=O)C=Cc2ccccc2)cc1. The van der Waals surface area contributed by atoms with E-state index in [4.69, 9.17) is 17.4 Å². The maximum Gasteiger partial charge on any atom is 0.250 e. The van der Waals surface area contributed by atoms with Gasteiger partial charge in [0, 0.05) is 11.8 Å². The summed E-state index contributed by atoms with van der Waals surface area (Å²) in [6.45, 7) is 0. The number of nitrogens with one attached hydrogen (secondary N) is 2. The molecule has 0 unspecified atom stereocenters. The second kappa shape index (κ2) is 7.82. The zero-order chi connectivity index (χ0) is 17.6. The number of hydrogen-bond acceptors (Lipinski definition) is 4. The van der Waals surface area contributed by atoms with Crippen molar-refractivity contribution in [1.29, 1.82) is 0 Å². The van der Waals surface area contributed by atoms with Crippen LogP contribution in [0.25, 0.3) is 6.08 Å². The van der Waals surface area contributed by atoms with Crippen molar-refractivity contribution in [2.45, 2.75) is 4.90 Å². The van der Waals surface area contributed by atoms with Gasteiger partial charge in [-0.1, -0.05) is 30.3 Å². The minimum atomic E-state index is -3.74. The van der Waals surface area contributed by atoms with Crippen LogP contribution in [0.5, 0.6) is 0 Å². The molecule has 1 amide bonds. The van der Waals surface area contributed by atoms with Crippen LogP contribution < -0.4 is 15.8 Å². The number of rotatable bonds is 4. The van der Waals surface area contributed by atoms with Crippen LogP contribution in [0.3, 0.4) is 0 Å². The molecule has 24 heavy (non-hydrogen) atoms. The Morgan fingerprint density at radius 1 is 1.04 bits per heavy atom. The van der Waals surface area contributed by atoms with E-state index in [9.17, 15) is 13.2 Å². The normalized spacial score (nSPS) is 11.2. The second-order valence-corrected chi connectivity index (χ2v) is 6.73. The predicted molar refractivity (Wildman–Crippen MR) is 97.7 cm³/mol. The lowest BCUT2D eigenvalue weighted by Crippen LogP contribution is -2.32. The Balaban J connectivity index is 1.91. The summed E-state index contributed by atoms with van der Waals surface area (Å²) >= 11 is 5.03. The summed E-state index contributed by atoms with van der Waals surface area (Å²) in [6.07, 6.45) is 3.03. The molecular formula is C16H15N3O3S2. The van der Waals surface area contributed by atoms with Crippen LogP contribution in [0, 0.1) is 0 Å². The molecule has 0 heterocycles. The molecular weight excluding hydrogens is 346 g/mol. The third-order valence-electron chi connectivity index (χ3n) is 2.90. The van der Waals surface area contributed by atoms with Gasteiger partial charge in [-0.3, -0.25) is 10.1 Å².